The van der Waals surface area contributed by atoms with Gasteiger partial charge in [0, 0.05) is 17.5 Å². The topological polar surface area (TPSA) is 89.2 Å². The molecule has 2 aliphatic heterocycles. The molecule has 1 amide bonds. The summed E-state index contributed by atoms with van der Waals surface area (Å²) in [6.45, 7) is 2.48. The normalized spacial score (nSPS) is 19.0. The molecule has 0 spiro atoms. The van der Waals surface area contributed by atoms with Gasteiger partial charge in [-0.3, -0.25) is 9.59 Å². The Hall–Kier alpha value is -4.00. The van der Waals surface area contributed by atoms with Gasteiger partial charge in [0.05, 0.1) is 25.8 Å². The van der Waals surface area contributed by atoms with E-state index in [4.69, 9.17) is 13.9 Å². The minimum atomic E-state index is -0.867. The van der Waals surface area contributed by atoms with Crippen molar-refractivity contribution in [2.24, 2.45) is 0 Å². The van der Waals surface area contributed by atoms with Crippen LogP contribution in [0.5, 0.6) is 11.5 Å². The molecule has 1 unspecified atom stereocenters. The van der Waals surface area contributed by atoms with Crippen molar-refractivity contribution in [3.05, 3.63) is 88.4 Å². The molecule has 0 aliphatic carbocycles. The average Bonchev–Trinajstić information content (AvgIpc) is 3.53. The Morgan fingerprint density at radius 2 is 1.97 bits per heavy atom. The Morgan fingerprint density at radius 1 is 1.15 bits per heavy atom. The molecule has 0 saturated carbocycles. The van der Waals surface area contributed by atoms with Gasteiger partial charge < -0.3 is 23.9 Å². The second kappa shape index (κ2) is 8.16. The zero-order valence-corrected chi connectivity index (χ0v) is 18.3. The van der Waals surface area contributed by atoms with Crippen molar-refractivity contribution in [1.29, 1.82) is 0 Å². The predicted molar refractivity (Wildman–Crippen MR) is 120 cm³/mol. The highest BCUT2D eigenvalue weighted by Crippen LogP contribution is 2.42. The maximum atomic E-state index is 13.2. The third-order valence-corrected chi connectivity index (χ3v) is 6.07. The van der Waals surface area contributed by atoms with E-state index < -0.39 is 17.7 Å². The number of ketones is 1. The van der Waals surface area contributed by atoms with Gasteiger partial charge >= 0.3 is 0 Å². The zero-order chi connectivity index (χ0) is 23.1. The van der Waals surface area contributed by atoms with Crippen LogP contribution >= 0.6 is 0 Å². The molecule has 1 N–H and O–H groups in total. The highest BCUT2D eigenvalue weighted by Gasteiger charge is 2.47. The van der Waals surface area contributed by atoms with Crippen LogP contribution in [0.15, 0.2) is 64.6 Å². The lowest BCUT2D eigenvalue weighted by Crippen LogP contribution is -2.29. The lowest BCUT2D eigenvalue weighted by molar-refractivity contribution is -0.140. The van der Waals surface area contributed by atoms with E-state index in [0.29, 0.717) is 29.4 Å². The van der Waals surface area contributed by atoms with Gasteiger partial charge in [-0.1, -0.05) is 18.2 Å². The molecule has 3 aromatic rings. The SMILES string of the molecule is COc1ccccc1CN1C(=O)C(=O)/C(=C(/O)c2ccc3c(c2)CCO3)C1c1ccc(C)o1. The molecular weight excluding hydrogens is 422 g/mol. The van der Waals surface area contributed by atoms with E-state index in [1.165, 1.54) is 4.90 Å². The quantitative estimate of drug-likeness (QED) is 0.361. The summed E-state index contributed by atoms with van der Waals surface area (Å²) >= 11 is 0. The van der Waals surface area contributed by atoms with Crippen molar-refractivity contribution >= 4 is 17.4 Å². The van der Waals surface area contributed by atoms with Gasteiger partial charge in [0.1, 0.15) is 34.8 Å². The fourth-order valence-corrected chi connectivity index (χ4v) is 4.45. The third kappa shape index (κ3) is 3.55. The standard InChI is InChI=1S/C26H23NO6/c1-15-7-9-21(33-15)23-22(24(28)17-8-10-20-16(13-17)11-12-32-20)25(29)26(30)27(23)14-18-5-3-4-6-19(18)31-2/h3-10,13,23,28H,11-12,14H2,1-2H3/b24-22+. The summed E-state index contributed by atoms with van der Waals surface area (Å²) in [4.78, 5) is 27.8. The summed E-state index contributed by atoms with van der Waals surface area (Å²) in [5.41, 5.74) is 2.16. The smallest absolute Gasteiger partial charge is 0.296 e. The number of likely N-dealkylation sites (tertiary alicyclic amines) is 1. The Morgan fingerprint density at radius 3 is 2.73 bits per heavy atom. The molecule has 2 aromatic carbocycles. The Kier molecular flexibility index (Phi) is 5.17. The lowest BCUT2D eigenvalue weighted by atomic mass is 9.98. The Labute approximate surface area is 190 Å². The highest BCUT2D eigenvalue weighted by molar-refractivity contribution is 6.46. The third-order valence-electron chi connectivity index (χ3n) is 6.07. The Balaban J connectivity index is 1.63. The van der Waals surface area contributed by atoms with Crippen molar-refractivity contribution < 1.29 is 28.6 Å². The minimum absolute atomic E-state index is 0.00288. The number of amides is 1. The van der Waals surface area contributed by atoms with E-state index in [-0.39, 0.29) is 17.9 Å². The number of carbonyl (C=O) groups is 2. The number of rotatable bonds is 5. The molecule has 5 rings (SSSR count). The molecule has 7 heteroatoms. The number of methoxy groups -OCH3 is 1. The molecule has 0 radical (unpaired) electrons. The van der Waals surface area contributed by atoms with Crippen LogP contribution in [0.25, 0.3) is 5.76 Å². The van der Waals surface area contributed by atoms with Crippen molar-refractivity contribution in [3.8, 4) is 11.5 Å². The number of carbonyl (C=O) groups excluding carboxylic acids is 2. The van der Waals surface area contributed by atoms with Gasteiger partial charge in [0.25, 0.3) is 11.7 Å². The first-order valence-electron chi connectivity index (χ1n) is 10.7. The average molecular weight is 445 g/mol. The number of furan rings is 1. The first-order valence-corrected chi connectivity index (χ1v) is 10.7. The second-order valence-electron chi connectivity index (χ2n) is 8.11. The maximum Gasteiger partial charge on any atom is 0.296 e. The first kappa shape index (κ1) is 20.9. The predicted octanol–water partition coefficient (Wildman–Crippen LogP) is 4.15. The molecule has 1 atom stereocenters. The number of aliphatic hydroxyl groups is 1. The summed E-state index contributed by atoms with van der Waals surface area (Å²) in [5, 5.41) is 11.2. The van der Waals surface area contributed by atoms with Gasteiger partial charge in [-0.05, 0) is 48.9 Å². The molecule has 1 aromatic heterocycles. The number of aryl methyl sites for hydroxylation is 1. The largest absolute Gasteiger partial charge is 0.507 e. The van der Waals surface area contributed by atoms with Crippen molar-refractivity contribution in [1.82, 2.24) is 4.90 Å². The van der Waals surface area contributed by atoms with Crippen molar-refractivity contribution in [3.63, 3.8) is 0 Å². The number of Topliss-reactive ketones (excluding diaryl/α,β-unsaturated/α-hetero) is 1. The number of aliphatic hydroxyl groups excluding tert-OH is 1. The van der Waals surface area contributed by atoms with Crippen LogP contribution in [0.4, 0.5) is 0 Å². The van der Waals surface area contributed by atoms with E-state index in [0.717, 1.165) is 23.3 Å². The van der Waals surface area contributed by atoms with E-state index >= 15 is 0 Å². The second-order valence-corrected chi connectivity index (χ2v) is 8.11. The van der Waals surface area contributed by atoms with Crippen LogP contribution in [0.2, 0.25) is 0 Å². The molecule has 2 aliphatic rings. The number of fused-ring (bicyclic) bond motifs is 1. The molecule has 1 saturated heterocycles. The van der Waals surface area contributed by atoms with Gasteiger partial charge in [-0.25, -0.2) is 0 Å². The molecule has 7 nitrogen and oxygen atoms in total. The number of hydrogen-bond donors (Lipinski definition) is 1. The van der Waals surface area contributed by atoms with Crippen LogP contribution < -0.4 is 9.47 Å². The molecular formula is C26H23NO6. The van der Waals surface area contributed by atoms with E-state index in [1.807, 2.05) is 18.2 Å². The maximum absolute atomic E-state index is 13.2. The van der Waals surface area contributed by atoms with E-state index in [1.54, 1.807) is 50.4 Å². The van der Waals surface area contributed by atoms with Gasteiger partial charge in [-0.15, -0.1) is 0 Å². The fraction of sp³-hybridized carbons (Fsp3) is 0.231. The van der Waals surface area contributed by atoms with Crippen LogP contribution in [0, 0.1) is 6.92 Å². The fourth-order valence-electron chi connectivity index (χ4n) is 4.45. The van der Waals surface area contributed by atoms with Crippen LogP contribution in [-0.4, -0.2) is 35.4 Å². The number of benzene rings is 2. The summed E-state index contributed by atoms with van der Waals surface area (Å²) in [6.07, 6.45) is 0.722. The van der Waals surface area contributed by atoms with Gasteiger partial charge in [-0.2, -0.15) is 0 Å². The minimum Gasteiger partial charge on any atom is -0.507 e. The monoisotopic (exact) mass is 445 g/mol. The van der Waals surface area contributed by atoms with E-state index in [9.17, 15) is 14.7 Å². The van der Waals surface area contributed by atoms with Gasteiger partial charge in [0.2, 0.25) is 0 Å². The summed E-state index contributed by atoms with van der Waals surface area (Å²) in [6, 6.07) is 15.2. The number of hydrogen-bond acceptors (Lipinski definition) is 6. The number of ether oxygens (including phenoxy) is 2. The van der Waals surface area contributed by atoms with Crippen molar-refractivity contribution in [2.45, 2.75) is 25.9 Å². The number of nitrogens with zero attached hydrogens (tertiary/aromatic N) is 1. The van der Waals surface area contributed by atoms with E-state index in [2.05, 4.69) is 0 Å². The lowest BCUT2D eigenvalue weighted by Gasteiger charge is -2.24. The molecule has 0 bridgehead atoms. The van der Waals surface area contributed by atoms with Crippen LogP contribution in [0.1, 0.15) is 34.3 Å². The molecule has 3 heterocycles. The van der Waals surface area contributed by atoms with Crippen LogP contribution in [-0.2, 0) is 22.6 Å². The first-order chi connectivity index (χ1) is 16.0. The van der Waals surface area contributed by atoms with Crippen molar-refractivity contribution in [2.75, 3.05) is 13.7 Å². The summed E-state index contributed by atoms with van der Waals surface area (Å²) < 4.78 is 16.8. The van der Waals surface area contributed by atoms with Gasteiger partial charge in [0.15, 0.2) is 0 Å². The Bertz CT molecular complexity index is 1290. The summed E-state index contributed by atoms with van der Waals surface area (Å²) in [5.74, 6) is 0.734. The highest BCUT2D eigenvalue weighted by atomic mass is 16.5. The molecule has 1 fully saturated rings. The summed E-state index contributed by atoms with van der Waals surface area (Å²) in [7, 11) is 1.55. The number of para-hydroxylation sites is 1. The van der Waals surface area contributed by atoms with Crippen LogP contribution in [0.3, 0.4) is 0 Å². The zero-order valence-electron chi connectivity index (χ0n) is 18.3. The molecule has 168 valence electrons. The molecule has 33 heavy (non-hydrogen) atoms.